The highest BCUT2D eigenvalue weighted by molar-refractivity contribution is 5.94. The molecule has 6 heteroatoms. The lowest BCUT2D eigenvalue weighted by Gasteiger charge is -2.26. The van der Waals surface area contributed by atoms with Crippen molar-refractivity contribution >= 4 is 22.9 Å². The number of nitrogens with zero attached hydrogens (tertiary/aromatic N) is 1. The Morgan fingerprint density at radius 1 is 1.29 bits per heavy atom. The number of aliphatic carboxylic acids is 1. The normalized spacial score (nSPS) is 11.5. The van der Waals surface area contributed by atoms with Gasteiger partial charge in [0.05, 0.1) is 5.41 Å². The number of carboxylic acid groups (broad SMARTS) is 1. The zero-order valence-corrected chi connectivity index (χ0v) is 12.1. The van der Waals surface area contributed by atoms with E-state index in [-0.39, 0.29) is 18.1 Å². The Hall–Kier alpha value is -2.37. The summed E-state index contributed by atoms with van der Waals surface area (Å²) < 4.78 is 0. The Labute approximate surface area is 122 Å². The highest BCUT2D eigenvalue weighted by atomic mass is 16.4. The Bertz CT molecular complexity index is 659. The lowest BCUT2D eigenvalue weighted by atomic mass is 9.82. The fourth-order valence-electron chi connectivity index (χ4n) is 2.27. The first-order valence-corrected chi connectivity index (χ1v) is 6.98. The van der Waals surface area contributed by atoms with Gasteiger partial charge in [-0.25, -0.2) is 4.98 Å². The van der Waals surface area contributed by atoms with Crippen LogP contribution in [0.3, 0.4) is 0 Å². The second-order valence-electron chi connectivity index (χ2n) is 5.09. The van der Waals surface area contributed by atoms with Crippen LogP contribution in [0.2, 0.25) is 0 Å². The van der Waals surface area contributed by atoms with Crippen LogP contribution in [0.5, 0.6) is 0 Å². The van der Waals surface area contributed by atoms with Gasteiger partial charge in [0.15, 0.2) is 0 Å². The standard InChI is InChI=1S/C15H19N3O3/c1-3-15(4-2,14(20)21)9-17-13(19)11-6-5-10-7-8-16-12(10)18-11/h5-8H,3-4,9H2,1-2H3,(H,16,18)(H,17,19)(H,20,21). The lowest BCUT2D eigenvalue weighted by Crippen LogP contribution is -2.42. The SMILES string of the molecule is CCC(CC)(CNC(=O)c1ccc2cc[nH]c2n1)C(=O)O. The number of fused-ring (bicyclic) bond motifs is 1. The number of hydrogen-bond acceptors (Lipinski definition) is 3. The molecule has 0 aliphatic carbocycles. The Kier molecular flexibility index (Phi) is 4.26. The third-order valence-electron chi connectivity index (χ3n) is 4.04. The molecule has 21 heavy (non-hydrogen) atoms. The molecule has 0 aliphatic heterocycles. The maximum atomic E-state index is 12.1. The molecule has 0 saturated carbocycles. The van der Waals surface area contributed by atoms with Gasteiger partial charge < -0.3 is 15.4 Å². The summed E-state index contributed by atoms with van der Waals surface area (Å²) in [7, 11) is 0. The average molecular weight is 289 g/mol. The van der Waals surface area contributed by atoms with Crippen molar-refractivity contribution in [1.82, 2.24) is 15.3 Å². The highest BCUT2D eigenvalue weighted by Gasteiger charge is 2.35. The molecule has 0 aromatic carbocycles. The van der Waals surface area contributed by atoms with Crippen LogP contribution < -0.4 is 5.32 Å². The smallest absolute Gasteiger partial charge is 0.311 e. The zero-order valence-electron chi connectivity index (χ0n) is 12.1. The maximum Gasteiger partial charge on any atom is 0.311 e. The summed E-state index contributed by atoms with van der Waals surface area (Å²) in [4.78, 5) is 30.7. The first-order chi connectivity index (χ1) is 10.0. The zero-order chi connectivity index (χ0) is 15.5. The van der Waals surface area contributed by atoms with E-state index in [1.165, 1.54) is 0 Å². The Balaban J connectivity index is 2.12. The first kappa shape index (κ1) is 15.0. The summed E-state index contributed by atoms with van der Waals surface area (Å²) in [6.45, 7) is 3.72. The van der Waals surface area contributed by atoms with Crippen molar-refractivity contribution in [2.45, 2.75) is 26.7 Å². The number of H-pyrrole nitrogens is 1. The molecular weight excluding hydrogens is 270 g/mol. The molecule has 0 unspecified atom stereocenters. The van der Waals surface area contributed by atoms with E-state index in [1.807, 2.05) is 19.9 Å². The van der Waals surface area contributed by atoms with E-state index < -0.39 is 11.4 Å². The first-order valence-electron chi connectivity index (χ1n) is 6.98. The number of rotatable bonds is 6. The Morgan fingerprint density at radius 3 is 2.62 bits per heavy atom. The number of aromatic amines is 1. The van der Waals surface area contributed by atoms with Crippen LogP contribution in [-0.4, -0.2) is 33.5 Å². The predicted octanol–water partition coefficient (Wildman–Crippen LogP) is 2.18. The van der Waals surface area contributed by atoms with Crippen molar-refractivity contribution in [2.75, 3.05) is 6.54 Å². The van der Waals surface area contributed by atoms with Gasteiger partial charge in [-0.05, 0) is 31.0 Å². The number of nitrogens with one attached hydrogen (secondary N) is 2. The van der Waals surface area contributed by atoms with E-state index in [0.29, 0.717) is 18.5 Å². The van der Waals surface area contributed by atoms with Crippen LogP contribution in [0.4, 0.5) is 0 Å². The molecule has 0 saturated heterocycles. The number of hydrogen-bond donors (Lipinski definition) is 3. The van der Waals surface area contributed by atoms with Crippen LogP contribution >= 0.6 is 0 Å². The molecule has 0 bridgehead atoms. The van der Waals surface area contributed by atoms with Crippen molar-refractivity contribution in [3.63, 3.8) is 0 Å². The third kappa shape index (κ3) is 2.89. The van der Waals surface area contributed by atoms with E-state index in [4.69, 9.17) is 0 Å². The molecule has 3 N–H and O–H groups in total. The molecule has 2 rings (SSSR count). The van der Waals surface area contributed by atoms with Gasteiger partial charge in [-0.2, -0.15) is 0 Å². The van der Waals surface area contributed by atoms with E-state index in [1.54, 1.807) is 18.3 Å². The molecule has 2 aromatic rings. The van der Waals surface area contributed by atoms with Crippen molar-refractivity contribution in [3.05, 3.63) is 30.1 Å². The van der Waals surface area contributed by atoms with E-state index in [2.05, 4.69) is 15.3 Å². The monoisotopic (exact) mass is 289 g/mol. The molecule has 0 aliphatic rings. The van der Waals surface area contributed by atoms with Gasteiger partial charge in [0, 0.05) is 18.1 Å². The quantitative estimate of drug-likeness (QED) is 0.759. The highest BCUT2D eigenvalue weighted by Crippen LogP contribution is 2.25. The summed E-state index contributed by atoms with van der Waals surface area (Å²) >= 11 is 0. The molecule has 0 fully saturated rings. The molecule has 2 aromatic heterocycles. The van der Waals surface area contributed by atoms with Crippen LogP contribution in [0, 0.1) is 5.41 Å². The topological polar surface area (TPSA) is 95.1 Å². The van der Waals surface area contributed by atoms with Crippen molar-refractivity contribution < 1.29 is 14.7 Å². The van der Waals surface area contributed by atoms with Gasteiger partial charge >= 0.3 is 5.97 Å². The number of aromatic nitrogens is 2. The second kappa shape index (κ2) is 5.95. The van der Waals surface area contributed by atoms with Crippen LogP contribution in [-0.2, 0) is 4.79 Å². The third-order valence-corrected chi connectivity index (χ3v) is 4.04. The molecular formula is C15H19N3O3. The summed E-state index contributed by atoms with van der Waals surface area (Å²) in [5.74, 6) is -1.25. The molecule has 112 valence electrons. The molecule has 0 spiro atoms. The summed E-state index contributed by atoms with van der Waals surface area (Å²) in [6.07, 6.45) is 2.67. The number of carbonyl (C=O) groups excluding carboxylic acids is 1. The summed E-state index contributed by atoms with van der Waals surface area (Å²) in [5.41, 5.74) is -0.0128. The van der Waals surface area contributed by atoms with Gasteiger partial charge in [-0.3, -0.25) is 9.59 Å². The van der Waals surface area contributed by atoms with Crippen molar-refractivity contribution in [2.24, 2.45) is 5.41 Å². The van der Waals surface area contributed by atoms with Crippen molar-refractivity contribution in [1.29, 1.82) is 0 Å². The predicted molar refractivity (Wildman–Crippen MR) is 79.1 cm³/mol. The van der Waals surface area contributed by atoms with Crippen LogP contribution in [0.1, 0.15) is 37.2 Å². The van der Waals surface area contributed by atoms with Gasteiger partial charge in [0.2, 0.25) is 0 Å². The molecule has 0 radical (unpaired) electrons. The minimum absolute atomic E-state index is 0.0958. The van der Waals surface area contributed by atoms with Crippen LogP contribution in [0.15, 0.2) is 24.4 Å². The number of carbonyl (C=O) groups is 2. The van der Waals surface area contributed by atoms with Gasteiger partial charge in [-0.15, -0.1) is 0 Å². The van der Waals surface area contributed by atoms with Gasteiger partial charge in [0.1, 0.15) is 11.3 Å². The number of pyridine rings is 1. The largest absolute Gasteiger partial charge is 0.481 e. The number of carboxylic acids is 1. The molecule has 0 atom stereocenters. The average Bonchev–Trinajstić information content (AvgIpc) is 2.95. The summed E-state index contributed by atoms with van der Waals surface area (Å²) in [5, 5.41) is 13.0. The molecule has 2 heterocycles. The minimum Gasteiger partial charge on any atom is -0.481 e. The fraction of sp³-hybridized carbons (Fsp3) is 0.400. The van der Waals surface area contributed by atoms with Crippen LogP contribution in [0.25, 0.3) is 11.0 Å². The lowest BCUT2D eigenvalue weighted by molar-refractivity contribution is -0.149. The fourth-order valence-corrected chi connectivity index (χ4v) is 2.27. The number of amides is 1. The van der Waals surface area contributed by atoms with E-state index in [0.717, 1.165) is 5.39 Å². The molecule has 6 nitrogen and oxygen atoms in total. The minimum atomic E-state index is -0.924. The van der Waals surface area contributed by atoms with Gasteiger partial charge in [-0.1, -0.05) is 13.8 Å². The van der Waals surface area contributed by atoms with Gasteiger partial charge in [0.25, 0.3) is 5.91 Å². The summed E-state index contributed by atoms with van der Waals surface area (Å²) in [6, 6.07) is 5.30. The second-order valence-corrected chi connectivity index (χ2v) is 5.09. The van der Waals surface area contributed by atoms with E-state index in [9.17, 15) is 14.7 Å². The Morgan fingerprint density at radius 2 is 2.00 bits per heavy atom. The van der Waals surface area contributed by atoms with Crippen molar-refractivity contribution in [3.8, 4) is 0 Å². The maximum absolute atomic E-state index is 12.1. The van der Waals surface area contributed by atoms with E-state index >= 15 is 0 Å². The molecule has 1 amide bonds.